The molecule has 6 nitrogen and oxygen atoms in total. The van der Waals surface area contributed by atoms with Gasteiger partial charge in [-0.25, -0.2) is 0 Å². The first-order chi connectivity index (χ1) is 12.7. The fourth-order valence-corrected chi connectivity index (χ4v) is 3.09. The third-order valence-electron chi connectivity index (χ3n) is 3.70. The topological polar surface area (TPSA) is 81.2 Å². The minimum atomic E-state index is 0.518. The van der Waals surface area contributed by atoms with Gasteiger partial charge in [0.15, 0.2) is 11.5 Å². The van der Waals surface area contributed by atoms with E-state index in [-0.39, 0.29) is 0 Å². The highest BCUT2D eigenvalue weighted by Gasteiger charge is 2.10. The van der Waals surface area contributed by atoms with Crippen LogP contribution in [0.5, 0.6) is 11.5 Å². The van der Waals surface area contributed by atoms with Crippen molar-refractivity contribution in [3.05, 3.63) is 65.0 Å². The van der Waals surface area contributed by atoms with E-state index >= 15 is 0 Å². The lowest BCUT2D eigenvalue weighted by molar-refractivity contribution is 0.354. The van der Waals surface area contributed by atoms with Crippen molar-refractivity contribution in [2.45, 2.75) is 17.4 Å². The van der Waals surface area contributed by atoms with Crippen molar-refractivity contribution in [2.75, 3.05) is 14.2 Å². The molecule has 3 rings (SSSR count). The molecule has 0 aliphatic carbocycles. The first kappa shape index (κ1) is 17.8. The van der Waals surface area contributed by atoms with Crippen LogP contribution in [-0.2, 0) is 12.2 Å². The van der Waals surface area contributed by atoms with Gasteiger partial charge in [0, 0.05) is 5.75 Å². The van der Waals surface area contributed by atoms with Crippen molar-refractivity contribution in [1.82, 2.24) is 10.2 Å². The molecule has 0 aliphatic rings. The summed E-state index contributed by atoms with van der Waals surface area (Å²) in [7, 11) is 3.21. The maximum absolute atomic E-state index is 8.82. The smallest absolute Gasteiger partial charge is 0.276 e. The van der Waals surface area contributed by atoms with Gasteiger partial charge in [0.2, 0.25) is 5.89 Å². The summed E-state index contributed by atoms with van der Waals surface area (Å²) in [5.41, 5.74) is 2.73. The molecule has 1 aromatic heterocycles. The van der Waals surface area contributed by atoms with Gasteiger partial charge in [-0.05, 0) is 35.4 Å². The normalized spacial score (nSPS) is 10.3. The largest absolute Gasteiger partial charge is 0.493 e. The van der Waals surface area contributed by atoms with E-state index in [0.29, 0.717) is 40.3 Å². The molecule has 0 unspecified atom stereocenters. The molecule has 132 valence electrons. The zero-order valence-electron chi connectivity index (χ0n) is 14.4. The third-order valence-corrected chi connectivity index (χ3v) is 4.59. The number of benzene rings is 2. The van der Waals surface area contributed by atoms with Gasteiger partial charge in [-0.2, -0.15) is 5.26 Å². The van der Waals surface area contributed by atoms with E-state index in [4.69, 9.17) is 19.2 Å². The summed E-state index contributed by atoms with van der Waals surface area (Å²) in [4.78, 5) is 0. The molecule has 7 heteroatoms. The first-order valence-electron chi connectivity index (χ1n) is 7.87. The minimum absolute atomic E-state index is 0.518. The van der Waals surface area contributed by atoms with Gasteiger partial charge >= 0.3 is 0 Å². The summed E-state index contributed by atoms with van der Waals surface area (Å²) >= 11 is 1.46. The highest BCUT2D eigenvalue weighted by Crippen LogP contribution is 2.29. The first-order valence-corrected chi connectivity index (χ1v) is 8.85. The lowest BCUT2D eigenvalue weighted by Crippen LogP contribution is -1.94. The van der Waals surface area contributed by atoms with Gasteiger partial charge < -0.3 is 13.9 Å². The van der Waals surface area contributed by atoms with Crippen LogP contribution in [0.3, 0.4) is 0 Å². The molecule has 0 saturated heterocycles. The molecule has 0 spiro atoms. The van der Waals surface area contributed by atoms with E-state index in [2.05, 4.69) is 16.3 Å². The Kier molecular flexibility index (Phi) is 5.77. The minimum Gasteiger partial charge on any atom is -0.493 e. The molecule has 0 radical (unpaired) electrons. The molecular formula is C19H17N3O3S. The fraction of sp³-hybridized carbons (Fsp3) is 0.211. The van der Waals surface area contributed by atoms with Crippen LogP contribution in [0.15, 0.2) is 52.1 Å². The second-order valence-electron chi connectivity index (χ2n) is 5.43. The summed E-state index contributed by atoms with van der Waals surface area (Å²) in [6.07, 6.45) is 0.519. The number of ether oxygens (including phenoxy) is 2. The highest BCUT2D eigenvalue weighted by atomic mass is 32.2. The predicted octanol–water partition coefficient (Wildman–Crippen LogP) is 3.84. The molecule has 2 aromatic carbocycles. The Labute approximate surface area is 155 Å². The van der Waals surface area contributed by atoms with Crippen molar-refractivity contribution in [3.63, 3.8) is 0 Å². The van der Waals surface area contributed by atoms with Crippen molar-refractivity contribution in [2.24, 2.45) is 0 Å². The molecular weight excluding hydrogens is 350 g/mol. The van der Waals surface area contributed by atoms with Crippen LogP contribution in [0.25, 0.3) is 0 Å². The highest BCUT2D eigenvalue weighted by molar-refractivity contribution is 7.98. The van der Waals surface area contributed by atoms with E-state index in [1.54, 1.807) is 26.4 Å². The van der Waals surface area contributed by atoms with Crippen LogP contribution in [0.1, 0.15) is 22.6 Å². The van der Waals surface area contributed by atoms with Crippen LogP contribution in [0.2, 0.25) is 0 Å². The zero-order valence-corrected chi connectivity index (χ0v) is 15.2. The van der Waals surface area contributed by atoms with Crippen LogP contribution >= 0.6 is 11.8 Å². The van der Waals surface area contributed by atoms with Crippen molar-refractivity contribution < 1.29 is 13.9 Å². The Morgan fingerprint density at radius 3 is 2.42 bits per heavy atom. The maximum Gasteiger partial charge on any atom is 0.276 e. The van der Waals surface area contributed by atoms with E-state index in [1.807, 2.05) is 30.3 Å². The molecule has 0 atom stereocenters. The van der Waals surface area contributed by atoms with E-state index in [0.717, 1.165) is 11.1 Å². The molecule has 0 aliphatic heterocycles. The molecule has 26 heavy (non-hydrogen) atoms. The number of nitriles is 1. The zero-order chi connectivity index (χ0) is 18.4. The number of thioether (sulfide) groups is 1. The van der Waals surface area contributed by atoms with E-state index in [1.165, 1.54) is 11.8 Å². The third kappa shape index (κ3) is 4.35. The van der Waals surface area contributed by atoms with Gasteiger partial charge in [0.05, 0.1) is 32.3 Å². The van der Waals surface area contributed by atoms with E-state index in [9.17, 15) is 0 Å². The Hall–Kier alpha value is -2.98. The maximum atomic E-state index is 8.82. The summed E-state index contributed by atoms with van der Waals surface area (Å²) in [5.74, 6) is 2.59. The van der Waals surface area contributed by atoms with Gasteiger partial charge in [0.1, 0.15) is 0 Å². The number of hydrogen-bond acceptors (Lipinski definition) is 7. The monoisotopic (exact) mass is 367 g/mol. The van der Waals surface area contributed by atoms with Crippen LogP contribution in [0, 0.1) is 11.3 Å². The molecule has 0 amide bonds. The lowest BCUT2D eigenvalue weighted by atomic mass is 10.1. The number of hydrogen-bond donors (Lipinski definition) is 0. The van der Waals surface area contributed by atoms with Gasteiger partial charge in [-0.1, -0.05) is 30.0 Å². The van der Waals surface area contributed by atoms with Crippen molar-refractivity contribution >= 4 is 11.8 Å². The Balaban J connectivity index is 1.61. The molecule has 0 fully saturated rings. The molecule has 1 heterocycles. The Morgan fingerprint density at radius 1 is 1.00 bits per heavy atom. The predicted molar refractivity (Wildman–Crippen MR) is 97.4 cm³/mol. The number of aromatic nitrogens is 2. The lowest BCUT2D eigenvalue weighted by Gasteiger charge is -2.08. The van der Waals surface area contributed by atoms with Crippen molar-refractivity contribution in [3.8, 4) is 17.6 Å². The number of methoxy groups -OCH3 is 2. The molecule has 0 N–H and O–H groups in total. The van der Waals surface area contributed by atoms with Gasteiger partial charge in [-0.3, -0.25) is 0 Å². The average molecular weight is 367 g/mol. The molecule has 0 saturated carbocycles. The van der Waals surface area contributed by atoms with Crippen LogP contribution in [-0.4, -0.2) is 24.4 Å². The summed E-state index contributed by atoms with van der Waals surface area (Å²) < 4.78 is 16.2. The number of rotatable bonds is 7. The molecule has 3 aromatic rings. The van der Waals surface area contributed by atoms with E-state index < -0.39 is 0 Å². The Morgan fingerprint density at radius 2 is 1.73 bits per heavy atom. The van der Waals surface area contributed by atoms with Crippen molar-refractivity contribution in [1.29, 1.82) is 5.26 Å². The molecule has 0 bridgehead atoms. The summed E-state index contributed by atoms with van der Waals surface area (Å²) in [6.45, 7) is 0. The van der Waals surface area contributed by atoms with Crippen LogP contribution < -0.4 is 9.47 Å². The van der Waals surface area contributed by atoms with Crippen LogP contribution in [0.4, 0.5) is 0 Å². The average Bonchev–Trinajstić information content (AvgIpc) is 3.14. The Bertz CT molecular complexity index is 917. The summed E-state index contributed by atoms with van der Waals surface area (Å²) in [6, 6.07) is 15.2. The standard InChI is InChI=1S/C19H17N3O3S/c1-23-16-8-7-15(9-17(16)24-2)10-18-21-22-19(25-18)26-12-14-5-3-13(11-20)4-6-14/h3-9H,10,12H2,1-2H3. The van der Waals surface area contributed by atoms with Gasteiger partial charge in [0.25, 0.3) is 5.22 Å². The fourth-order valence-electron chi connectivity index (χ4n) is 2.35. The second-order valence-corrected chi connectivity index (χ2v) is 6.35. The summed E-state index contributed by atoms with van der Waals surface area (Å²) in [5, 5.41) is 17.5. The van der Waals surface area contributed by atoms with Gasteiger partial charge in [-0.15, -0.1) is 10.2 Å². The second kappa shape index (κ2) is 8.41. The SMILES string of the molecule is COc1ccc(Cc2nnc(SCc3ccc(C#N)cc3)o2)cc1OC. The number of nitrogens with zero attached hydrogens (tertiary/aromatic N) is 3. The quantitative estimate of drug-likeness (QED) is 0.587.